The first-order valence-electron chi connectivity index (χ1n) is 2.75. The normalized spacial score (nSPS) is 9.73. The van der Waals surface area contributed by atoms with Crippen molar-refractivity contribution >= 4 is 44.8 Å². The molecule has 1 nitrogen and oxygen atoms in total. The average Bonchev–Trinajstić information content (AvgIpc) is 2.01. The summed E-state index contributed by atoms with van der Waals surface area (Å²) in [5, 5.41) is 0. The zero-order valence-electron chi connectivity index (χ0n) is 5.27. The van der Waals surface area contributed by atoms with Crippen LogP contribution in [0.5, 0.6) is 0 Å². The third kappa shape index (κ3) is 1.79. The Morgan fingerprint density at radius 1 is 1.55 bits per heavy atom. The summed E-state index contributed by atoms with van der Waals surface area (Å²) in [6.07, 6.45) is 0.686. The van der Waals surface area contributed by atoms with Crippen LogP contribution in [0.25, 0.3) is 0 Å². The van der Waals surface area contributed by atoms with Gasteiger partial charge in [-0.3, -0.25) is 4.79 Å². The molecular formula is C7H3BrFIO. The van der Waals surface area contributed by atoms with E-state index in [2.05, 4.69) is 15.9 Å². The molecule has 0 N–H and O–H groups in total. The smallest absolute Gasteiger partial charge is 0.151 e. The predicted molar refractivity (Wildman–Crippen MR) is 52.2 cm³/mol. The van der Waals surface area contributed by atoms with Gasteiger partial charge in [0.1, 0.15) is 5.82 Å². The Balaban J connectivity index is 3.36. The molecule has 0 heterocycles. The summed E-state index contributed by atoms with van der Waals surface area (Å²) in [5.74, 6) is -0.317. The maximum Gasteiger partial charge on any atom is 0.151 e. The van der Waals surface area contributed by atoms with Gasteiger partial charge in [0, 0.05) is 10.0 Å². The van der Waals surface area contributed by atoms with Crippen LogP contribution in [-0.2, 0) is 0 Å². The minimum atomic E-state index is -0.317. The van der Waals surface area contributed by atoms with Crippen molar-refractivity contribution in [1.82, 2.24) is 0 Å². The van der Waals surface area contributed by atoms with Gasteiger partial charge < -0.3 is 0 Å². The van der Waals surface area contributed by atoms with Gasteiger partial charge in [-0.25, -0.2) is 4.39 Å². The van der Waals surface area contributed by atoms with E-state index < -0.39 is 0 Å². The number of halogens is 3. The van der Waals surface area contributed by atoms with Gasteiger partial charge in [0.2, 0.25) is 0 Å². The van der Waals surface area contributed by atoms with Gasteiger partial charge in [-0.2, -0.15) is 0 Å². The highest BCUT2D eigenvalue weighted by molar-refractivity contribution is 14.1. The van der Waals surface area contributed by atoms with Crippen LogP contribution in [-0.4, -0.2) is 6.29 Å². The second-order valence-corrected chi connectivity index (χ2v) is 3.75. The molecule has 0 bridgehead atoms. The highest BCUT2D eigenvalue weighted by atomic mass is 127. The molecule has 0 unspecified atom stereocenters. The monoisotopic (exact) mass is 328 g/mol. The maximum absolute atomic E-state index is 12.7. The summed E-state index contributed by atoms with van der Waals surface area (Å²) in [4.78, 5) is 10.3. The molecule has 0 aliphatic rings. The predicted octanol–water partition coefficient (Wildman–Crippen LogP) is 3.01. The number of rotatable bonds is 1. The second-order valence-electron chi connectivity index (χ2n) is 1.88. The van der Waals surface area contributed by atoms with Crippen LogP contribution in [0, 0.1) is 9.39 Å². The van der Waals surface area contributed by atoms with Crippen molar-refractivity contribution in [2.75, 3.05) is 0 Å². The fourth-order valence-corrected chi connectivity index (χ4v) is 1.54. The van der Waals surface area contributed by atoms with Crippen LogP contribution in [0.3, 0.4) is 0 Å². The average molecular weight is 329 g/mol. The largest absolute Gasteiger partial charge is 0.298 e. The van der Waals surface area contributed by atoms with Crippen molar-refractivity contribution < 1.29 is 9.18 Å². The standard InChI is InChI=1S/C7H3BrFIO/c8-6-4(3-11)1-2-5(9)7(6)10/h1-3H. The van der Waals surface area contributed by atoms with E-state index in [1.165, 1.54) is 12.1 Å². The molecule has 1 aromatic carbocycles. The molecule has 0 radical (unpaired) electrons. The topological polar surface area (TPSA) is 17.1 Å². The molecule has 0 fully saturated rings. The summed E-state index contributed by atoms with van der Waals surface area (Å²) >= 11 is 4.95. The fraction of sp³-hybridized carbons (Fsp3) is 0. The number of aldehydes is 1. The number of carbonyl (C=O) groups is 1. The van der Waals surface area contributed by atoms with Crippen molar-refractivity contribution in [1.29, 1.82) is 0 Å². The van der Waals surface area contributed by atoms with Crippen molar-refractivity contribution in [3.63, 3.8) is 0 Å². The molecule has 4 heteroatoms. The third-order valence-electron chi connectivity index (χ3n) is 1.19. The van der Waals surface area contributed by atoms with Crippen LogP contribution in [0.4, 0.5) is 4.39 Å². The first kappa shape index (κ1) is 9.12. The van der Waals surface area contributed by atoms with Crippen LogP contribution in [0.2, 0.25) is 0 Å². The third-order valence-corrected chi connectivity index (χ3v) is 3.84. The molecule has 0 aliphatic heterocycles. The zero-order chi connectivity index (χ0) is 8.43. The van der Waals surface area contributed by atoms with E-state index in [-0.39, 0.29) is 5.82 Å². The maximum atomic E-state index is 12.7. The van der Waals surface area contributed by atoms with E-state index in [1.807, 2.05) is 22.6 Å². The SMILES string of the molecule is O=Cc1ccc(F)c(I)c1Br. The van der Waals surface area contributed by atoms with E-state index in [0.29, 0.717) is 19.9 Å². The molecule has 1 aromatic rings. The second kappa shape index (κ2) is 3.62. The minimum absolute atomic E-state index is 0.317. The van der Waals surface area contributed by atoms with Gasteiger partial charge in [-0.1, -0.05) is 0 Å². The van der Waals surface area contributed by atoms with Crippen molar-refractivity contribution in [2.45, 2.75) is 0 Å². The zero-order valence-corrected chi connectivity index (χ0v) is 9.02. The van der Waals surface area contributed by atoms with E-state index in [4.69, 9.17) is 0 Å². The van der Waals surface area contributed by atoms with Crippen LogP contribution < -0.4 is 0 Å². The molecule has 0 saturated heterocycles. The van der Waals surface area contributed by atoms with Gasteiger partial charge in [-0.05, 0) is 50.7 Å². The summed E-state index contributed by atoms with van der Waals surface area (Å²) in [7, 11) is 0. The lowest BCUT2D eigenvalue weighted by molar-refractivity contribution is 0.112. The molecule has 11 heavy (non-hydrogen) atoms. The van der Waals surface area contributed by atoms with Crippen LogP contribution >= 0.6 is 38.5 Å². The number of carbonyl (C=O) groups excluding carboxylic acids is 1. The van der Waals surface area contributed by atoms with E-state index >= 15 is 0 Å². The molecule has 0 amide bonds. The van der Waals surface area contributed by atoms with Crippen molar-refractivity contribution in [2.24, 2.45) is 0 Å². The highest BCUT2D eigenvalue weighted by Crippen LogP contribution is 2.24. The van der Waals surface area contributed by atoms with Gasteiger partial charge in [0.15, 0.2) is 6.29 Å². The minimum Gasteiger partial charge on any atom is -0.298 e. The Bertz CT molecular complexity index is 301. The Kier molecular flexibility index (Phi) is 3.00. The van der Waals surface area contributed by atoms with Crippen LogP contribution in [0.15, 0.2) is 16.6 Å². The fourth-order valence-electron chi connectivity index (χ4n) is 0.632. The van der Waals surface area contributed by atoms with Gasteiger partial charge in [0.05, 0.1) is 3.57 Å². The number of hydrogen-bond donors (Lipinski definition) is 0. The first-order valence-corrected chi connectivity index (χ1v) is 4.62. The quantitative estimate of drug-likeness (QED) is 0.440. The van der Waals surface area contributed by atoms with Gasteiger partial charge >= 0.3 is 0 Å². The highest BCUT2D eigenvalue weighted by Gasteiger charge is 2.06. The lowest BCUT2D eigenvalue weighted by atomic mass is 10.2. The summed E-state index contributed by atoms with van der Waals surface area (Å²) in [6, 6.07) is 2.71. The molecular weight excluding hydrogens is 326 g/mol. The molecule has 0 aromatic heterocycles. The van der Waals surface area contributed by atoms with Gasteiger partial charge in [-0.15, -0.1) is 0 Å². The molecule has 0 spiro atoms. The van der Waals surface area contributed by atoms with Crippen molar-refractivity contribution in [3.8, 4) is 0 Å². The summed E-state index contributed by atoms with van der Waals surface area (Å²) in [6.45, 7) is 0. The molecule has 1 rings (SSSR count). The van der Waals surface area contributed by atoms with Crippen LogP contribution in [0.1, 0.15) is 10.4 Å². The lowest BCUT2D eigenvalue weighted by Gasteiger charge is -1.99. The Hall–Kier alpha value is 0.0300. The summed E-state index contributed by atoms with van der Waals surface area (Å²) < 4.78 is 13.7. The molecule has 58 valence electrons. The Labute approximate surface area is 85.3 Å². The molecule has 0 atom stereocenters. The first-order chi connectivity index (χ1) is 5.16. The number of hydrogen-bond acceptors (Lipinski definition) is 1. The number of benzene rings is 1. The van der Waals surface area contributed by atoms with E-state index in [9.17, 15) is 9.18 Å². The molecule has 0 saturated carbocycles. The van der Waals surface area contributed by atoms with Crippen molar-refractivity contribution in [3.05, 3.63) is 31.6 Å². The van der Waals surface area contributed by atoms with E-state index in [1.54, 1.807) is 0 Å². The van der Waals surface area contributed by atoms with E-state index in [0.717, 1.165) is 0 Å². The van der Waals surface area contributed by atoms with Gasteiger partial charge in [0.25, 0.3) is 0 Å². The summed E-state index contributed by atoms with van der Waals surface area (Å²) in [5.41, 5.74) is 0.468. The lowest BCUT2D eigenvalue weighted by Crippen LogP contribution is -1.89. The Morgan fingerprint density at radius 3 is 2.73 bits per heavy atom. The molecule has 0 aliphatic carbocycles. The Morgan fingerprint density at radius 2 is 2.18 bits per heavy atom.